The Morgan fingerprint density at radius 2 is 2.25 bits per heavy atom. The molecular weight excluding hydrogens is 211 g/mol. The Labute approximate surface area is 92.1 Å². The first kappa shape index (κ1) is 11.8. The molecule has 5 nitrogen and oxygen atoms in total. The number of amides is 2. The highest BCUT2D eigenvalue weighted by molar-refractivity contribution is 5.71. The lowest BCUT2D eigenvalue weighted by Gasteiger charge is -2.08. The number of carbonyl (C=O) groups is 1. The zero-order chi connectivity index (χ0) is 12.0. The van der Waals surface area contributed by atoms with Gasteiger partial charge in [0.1, 0.15) is 17.4 Å². The monoisotopic (exact) mass is 222 g/mol. The number of hydrogen-bond acceptors (Lipinski definition) is 3. The van der Waals surface area contributed by atoms with Crippen LogP contribution in [0.3, 0.4) is 0 Å². The number of halogens is 1. The van der Waals surface area contributed by atoms with E-state index in [1.165, 1.54) is 12.1 Å². The summed E-state index contributed by atoms with van der Waals surface area (Å²) in [6, 6.07) is 5.44. The van der Waals surface area contributed by atoms with Crippen molar-refractivity contribution in [3.05, 3.63) is 29.6 Å². The van der Waals surface area contributed by atoms with Crippen molar-refractivity contribution >= 4 is 11.7 Å². The molecule has 0 radical (unpaired) electrons. The molecule has 0 heterocycles. The molecule has 0 bridgehead atoms. The molecule has 0 fully saturated rings. The molecule has 4 N–H and O–H groups in total. The summed E-state index contributed by atoms with van der Waals surface area (Å²) < 4.78 is 13.1. The average Bonchev–Trinajstić information content (AvgIpc) is 2.24. The largest absolute Gasteiger partial charge is 0.382 e. The van der Waals surface area contributed by atoms with Crippen LogP contribution in [0, 0.1) is 17.1 Å². The van der Waals surface area contributed by atoms with Crippen LogP contribution in [0.5, 0.6) is 0 Å². The predicted octanol–water partition coefficient (Wildman–Crippen LogP) is 0.778. The first-order valence-corrected chi connectivity index (χ1v) is 4.61. The summed E-state index contributed by atoms with van der Waals surface area (Å²) in [6.07, 6.45) is 0. The zero-order valence-corrected chi connectivity index (χ0v) is 8.46. The quantitative estimate of drug-likeness (QED) is 0.657. The molecule has 0 aromatic heterocycles. The second kappa shape index (κ2) is 5.56. The molecule has 0 unspecified atom stereocenters. The van der Waals surface area contributed by atoms with E-state index in [1.54, 1.807) is 12.1 Å². The van der Waals surface area contributed by atoms with Gasteiger partial charge in [-0.2, -0.15) is 5.26 Å². The van der Waals surface area contributed by atoms with Gasteiger partial charge in [-0.25, -0.2) is 9.18 Å². The van der Waals surface area contributed by atoms with Crippen molar-refractivity contribution in [2.45, 2.75) is 0 Å². The van der Waals surface area contributed by atoms with Crippen molar-refractivity contribution in [1.82, 2.24) is 5.32 Å². The maximum Gasteiger partial charge on any atom is 0.312 e. The Morgan fingerprint density at radius 1 is 1.50 bits per heavy atom. The van der Waals surface area contributed by atoms with Crippen molar-refractivity contribution in [3.63, 3.8) is 0 Å². The van der Waals surface area contributed by atoms with Crippen LogP contribution in [-0.2, 0) is 0 Å². The Kier molecular flexibility index (Phi) is 4.09. The van der Waals surface area contributed by atoms with Gasteiger partial charge in [-0.05, 0) is 12.1 Å². The van der Waals surface area contributed by atoms with Gasteiger partial charge in [0.15, 0.2) is 0 Å². The minimum absolute atomic E-state index is 0.0402. The van der Waals surface area contributed by atoms with Crippen LogP contribution in [0.25, 0.3) is 0 Å². The fraction of sp³-hybridized carbons (Fsp3) is 0.200. The molecule has 2 amide bonds. The molecule has 0 aliphatic heterocycles. The minimum atomic E-state index is -0.624. The van der Waals surface area contributed by atoms with Gasteiger partial charge < -0.3 is 16.4 Å². The summed E-state index contributed by atoms with van der Waals surface area (Å²) in [6.45, 7) is 0.664. The topological polar surface area (TPSA) is 90.9 Å². The third kappa shape index (κ3) is 3.13. The number of hydrogen-bond donors (Lipinski definition) is 3. The van der Waals surface area contributed by atoms with E-state index in [9.17, 15) is 9.18 Å². The normalized spacial score (nSPS) is 9.25. The average molecular weight is 222 g/mol. The summed E-state index contributed by atoms with van der Waals surface area (Å²) in [5.74, 6) is -0.574. The van der Waals surface area contributed by atoms with Crippen LogP contribution in [0.2, 0.25) is 0 Å². The van der Waals surface area contributed by atoms with Crippen molar-refractivity contribution < 1.29 is 9.18 Å². The molecule has 16 heavy (non-hydrogen) atoms. The summed E-state index contributed by atoms with van der Waals surface area (Å²) in [4.78, 5) is 10.4. The molecule has 1 aromatic carbocycles. The predicted molar refractivity (Wildman–Crippen MR) is 57.2 cm³/mol. The van der Waals surface area contributed by atoms with Gasteiger partial charge in [0, 0.05) is 13.1 Å². The number of benzene rings is 1. The van der Waals surface area contributed by atoms with Gasteiger partial charge in [-0.3, -0.25) is 0 Å². The van der Waals surface area contributed by atoms with Crippen LogP contribution in [0.1, 0.15) is 5.56 Å². The van der Waals surface area contributed by atoms with Crippen LogP contribution in [0.4, 0.5) is 14.9 Å². The van der Waals surface area contributed by atoms with Crippen molar-refractivity contribution in [3.8, 4) is 6.07 Å². The van der Waals surface area contributed by atoms with Crippen LogP contribution in [0.15, 0.2) is 18.2 Å². The fourth-order valence-corrected chi connectivity index (χ4v) is 1.17. The highest BCUT2D eigenvalue weighted by Crippen LogP contribution is 2.16. The van der Waals surface area contributed by atoms with Crippen LogP contribution < -0.4 is 16.4 Å². The maximum atomic E-state index is 13.1. The highest BCUT2D eigenvalue weighted by Gasteiger charge is 2.06. The Balaban J connectivity index is 2.58. The molecule has 0 aliphatic rings. The number of nitrogens with two attached hydrogens (primary N) is 1. The lowest BCUT2D eigenvalue weighted by Crippen LogP contribution is -2.33. The molecule has 84 valence electrons. The second-order valence-electron chi connectivity index (χ2n) is 2.99. The zero-order valence-electron chi connectivity index (χ0n) is 8.46. The number of anilines is 1. The van der Waals surface area contributed by atoms with Gasteiger partial charge in [-0.15, -0.1) is 0 Å². The summed E-state index contributed by atoms with van der Waals surface area (Å²) in [5.41, 5.74) is 5.22. The molecule has 0 saturated carbocycles. The molecule has 6 heteroatoms. The van der Waals surface area contributed by atoms with E-state index in [2.05, 4.69) is 10.6 Å². The van der Waals surface area contributed by atoms with Crippen LogP contribution >= 0.6 is 0 Å². The van der Waals surface area contributed by atoms with Crippen molar-refractivity contribution in [2.75, 3.05) is 18.4 Å². The molecule has 1 aromatic rings. The molecule has 0 atom stereocenters. The van der Waals surface area contributed by atoms with Gasteiger partial charge in [0.2, 0.25) is 0 Å². The number of nitrogens with one attached hydrogen (secondary N) is 2. The van der Waals surface area contributed by atoms with E-state index in [0.29, 0.717) is 18.8 Å². The van der Waals surface area contributed by atoms with Gasteiger partial charge >= 0.3 is 6.03 Å². The Morgan fingerprint density at radius 3 is 2.88 bits per heavy atom. The van der Waals surface area contributed by atoms with Gasteiger partial charge in [0.05, 0.1) is 5.69 Å². The van der Waals surface area contributed by atoms with E-state index in [1.807, 2.05) is 0 Å². The van der Waals surface area contributed by atoms with Gasteiger partial charge in [-0.1, -0.05) is 6.07 Å². The summed E-state index contributed by atoms with van der Waals surface area (Å²) in [5, 5.41) is 13.9. The van der Waals surface area contributed by atoms with Crippen LogP contribution in [-0.4, -0.2) is 19.1 Å². The van der Waals surface area contributed by atoms with E-state index in [4.69, 9.17) is 11.0 Å². The third-order valence-electron chi connectivity index (χ3n) is 1.87. The number of carbonyl (C=O) groups excluding carboxylic acids is 1. The number of rotatable bonds is 4. The number of nitrogens with zero attached hydrogens (tertiary/aromatic N) is 1. The van der Waals surface area contributed by atoms with Crippen molar-refractivity contribution in [2.24, 2.45) is 5.73 Å². The minimum Gasteiger partial charge on any atom is -0.382 e. The molecular formula is C10H11FN4O. The Bertz CT molecular complexity index is 427. The molecule has 0 spiro atoms. The summed E-state index contributed by atoms with van der Waals surface area (Å²) in [7, 11) is 0. The van der Waals surface area contributed by atoms with Crippen molar-refractivity contribution in [1.29, 1.82) is 5.26 Å². The number of primary amides is 1. The van der Waals surface area contributed by atoms with E-state index >= 15 is 0 Å². The SMILES string of the molecule is N#Cc1c(F)cccc1NCCNC(N)=O. The fourth-order valence-electron chi connectivity index (χ4n) is 1.17. The molecule has 0 saturated heterocycles. The van der Waals surface area contributed by atoms with E-state index in [0.717, 1.165) is 0 Å². The Hall–Kier alpha value is -2.29. The third-order valence-corrected chi connectivity index (χ3v) is 1.87. The van der Waals surface area contributed by atoms with Gasteiger partial charge in [0.25, 0.3) is 0 Å². The number of nitriles is 1. The van der Waals surface area contributed by atoms with E-state index in [-0.39, 0.29) is 5.56 Å². The first-order valence-electron chi connectivity index (χ1n) is 4.61. The maximum absolute atomic E-state index is 13.1. The summed E-state index contributed by atoms with van der Waals surface area (Å²) >= 11 is 0. The van der Waals surface area contributed by atoms with E-state index < -0.39 is 11.8 Å². The smallest absolute Gasteiger partial charge is 0.312 e. The highest BCUT2D eigenvalue weighted by atomic mass is 19.1. The number of urea groups is 1. The second-order valence-corrected chi connectivity index (χ2v) is 2.99. The standard InChI is InChI=1S/C10H11FN4O/c11-8-2-1-3-9(7(8)6-12)14-4-5-15-10(13)16/h1-3,14H,4-5H2,(H3,13,15,16). The lowest BCUT2D eigenvalue weighted by molar-refractivity contribution is 0.249. The lowest BCUT2D eigenvalue weighted by atomic mass is 10.2. The molecule has 0 aliphatic carbocycles. The first-order chi connectivity index (χ1) is 7.65. The molecule has 1 rings (SSSR count).